The summed E-state index contributed by atoms with van der Waals surface area (Å²) in [4.78, 5) is 12.5. The van der Waals surface area contributed by atoms with E-state index in [9.17, 15) is 18.0 Å². The van der Waals surface area contributed by atoms with Gasteiger partial charge in [-0.25, -0.2) is 0 Å². The summed E-state index contributed by atoms with van der Waals surface area (Å²) in [5.41, 5.74) is 0. The minimum atomic E-state index is -4.12. The maximum Gasteiger partial charge on any atom is 0.389 e. The molecule has 1 aliphatic heterocycles. The molecule has 1 aliphatic rings. The first kappa shape index (κ1) is 14.6. The second-order valence-electron chi connectivity index (χ2n) is 4.08. The van der Waals surface area contributed by atoms with Gasteiger partial charge >= 0.3 is 12.1 Å². The van der Waals surface area contributed by atoms with Crippen molar-refractivity contribution in [3.8, 4) is 0 Å². The number of alkyl halides is 3. The van der Waals surface area contributed by atoms with Crippen molar-refractivity contribution in [1.29, 1.82) is 0 Å². The summed E-state index contributed by atoms with van der Waals surface area (Å²) in [5.74, 6) is 0.666. The zero-order chi connectivity index (χ0) is 12.9. The predicted molar refractivity (Wildman–Crippen MR) is 60.2 cm³/mol. The highest BCUT2D eigenvalue weighted by atomic mass is 32.2. The Morgan fingerprint density at radius 3 is 2.76 bits per heavy atom. The maximum atomic E-state index is 12.0. The number of hydrogen-bond donors (Lipinski definition) is 1. The van der Waals surface area contributed by atoms with E-state index in [1.54, 1.807) is 11.8 Å². The molecule has 0 spiro atoms. The summed E-state index contributed by atoms with van der Waals surface area (Å²) in [6.07, 6.45) is -4.85. The molecule has 1 unspecified atom stereocenters. The number of carbonyl (C=O) groups is 1. The molecule has 0 saturated carbocycles. The fourth-order valence-electron chi connectivity index (χ4n) is 1.86. The Balaban J connectivity index is 2.35. The van der Waals surface area contributed by atoms with Crippen molar-refractivity contribution in [3.05, 3.63) is 0 Å². The molecule has 0 amide bonds. The van der Waals surface area contributed by atoms with Crippen molar-refractivity contribution in [1.82, 2.24) is 4.90 Å². The summed E-state index contributed by atoms with van der Waals surface area (Å²) in [5, 5.41) is 8.72. The number of thioether (sulfide) groups is 1. The molecule has 0 aliphatic carbocycles. The third kappa shape index (κ3) is 6.16. The van der Waals surface area contributed by atoms with Gasteiger partial charge in [-0.05, 0) is 13.0 Å². The molecule has 0 aromatic rings. The second kappa shape index (κ2) is 6.49. The molecule has 1 heterocycles. The molecule has 1 saturated heterocycles. The molecule has 1 N–H and O–H groups in total. The van der Waals surface area contributed by atoms with Gasteiger partial charge in [-0.15, -0.1) is 0 Å². The first-order chi connectivity index (χ1) is 7.88. The highest BCUT2D eigenvalue weighted by Gasteiger charge is 2.29. The van der Waals surface area contributed by atoms with Crippen LogP contribution < -0.4 is 0 Å². The average molecular weight is 271 g/mol. The van der Waals surface area contributed by atoms with E-state index in [4.69, 9.17) is 5.11 Å². The Bertz CT molecular complexity index is 260. The summed E-state index contributed by atoms with van der Waals surface area (Å²) in [6.45, 7) is 1.01. The van der Waals surface area contributed by atoms with Gasteiger partial charge in [-0.1, -0.05) is 0 Å². The van der Waals surface area contributed by atoms with Gasteiger partial charge in [0.15, 0.2) is 0 Å². The van der Waals surface area contributed by atoms with Crippen LogP contribution in [0.15, 0.2) is 0 Å². The fourth-order valence-corrected chi connectivity index (χ4v) is 2.99. The van der Waals surface area contributed by atoms with E-state index in [-0.39, 0.29) is 18.9 Å². The van der Waals surface area contributed by atoms with Crippen LogP contribution in [0.2, 0.25) is 0 Å². The van der Waals surface area contributed by atoms with Crippen LogP contribution >= 0.6 is 11.8 Å². The van der Waals surface area contributed by atoms with E-state index in [0.717, 1.165) is 5.75 Å². The van der Waals surface area contributed by atoms with E-state index in [2.05, 4.69) is 0 Å². The quantitative estimate of drug-likeness (QED) is 0.832. The molecular weight excluding hydrogens is 255 g/mol. The van der Waals surface area contributed by atoms with E-state index >= 15 is 0 Å². The summed E-state index contributed by atoms with van der Waals surface area (Å²) >= 11 is 1.66. The molecule has 1 fully saturated rings. The van der Waals surface area contributed by atoms with Gasteiger partial charge in [-0.3, -0.25) is 9.69 Å². The molecule has 17 heavy (non-hydrogen) atoms. The largest absolute Gasteiger partial charge is 0.481 e. The van der Waals surface area contributed by atoms with Crippen LogP contribution in [0.3, 0.4) is 0 Å². The first-order valence-electron chi connectivity index (χ1n) is 5.49. The van der Waals surface area contributed by atoms with Gasteiger partial charge in [0.25, 0.3) is 0 Å². The number of nitrogens with zero attached hydrogens (tertiary/aromatic N) is 1. The minimum Gasteiger partial charge on any atom is -0.481 e. The zero-order valence-electron chi connectivity index (χ0n) is 9.37. The Labute approximate surface area is 102 Å². The minimum absolute atomic E-state index is 0.0129. The monoisotopic (exact) mass is 271 g/mol. The topological polar surface area (TPSA) is 40.5 Å². The van der Waals surface area contributed by atoms with Gasteiger partial charge in [0.05, 0.1) is 6.42 Å². The standard InChI is InChI=1S/C10H16F3NO2S/c11-10(12,13)2-1-3-14-4-5-17-7-8(14)6-9(15)16/h8H,1-7H2,(H,15,16). The highest BCUT2D eigenvalue weighted by Crippen LogP contribution is 2.24. The molecule has 0 radical (unpaired) electrons. The van der Waals surface area contributed by atoms with E-state index in [1.165, 1.54) is 0 Å². The Morgan fingerprint density at radius 2 is 2.18 bits per heavy atom. The van der Waals surface area contributed by atoms with E-state index in [0.29, 0.717) is 18.8 Å². The van der Waals surface area contributed by atoms with Gasteiger partial charge in [0.1, 0.15) is 0 Å². The van der Waals surface area contributed by atoms with E-state index < -0.39 is 18.6 Å². The summed E-state index contributed by atoms with van der Waals surface area (Å²) in [6, 6.07) is -0.125. The van der Waals surface area contributed by atoms with Gasteiger partial charge in [-0.2, -0.15) is 24.9 Å². The number of hydrogen-bond acceptors (Lipinski definition) is 3. The third-order valence-electron chi connectivity index (χ3n) is 2.67. The number of rotatable bonds is 5. The summed E-state index contributed by atoms with van der Waals surface area (Å²) in [7, 11) is 0. The molecule has 3 nitrogen and oxygen atoms in total. The van der Waals surface area contributed by atoms with Crippen LogP contribution in [0.25, 0.3) is 0 Å². The molecule has 0 aromatic carbocycles. The number of carboxylic acids is 1. The lowest BCUT2D eigenvalue weighted by molar-refractivity contribution is -0.140. The fraction of sp³-hybridized carbons (Fsp3) is 0.900. The Hall–Kier alpha value is -0.430. The van der Waals surface area contributed by atoms with Crippen molar-refractivity contribution < 1.29 is 23.1 Å². The molecular formula is C10H16F3NO2S. The normalized spacial score (nSPS) is 22.6. The first-order valence-corrected chi connectivity index (χ1v) is 6.64. The van der Waals surface area contributed by atoms with Crippen LogP contribution in [0, 0.1) is 0 Å². The van der Waals surface area contributed by atoms with Crippen LogP contribution in [0.1, 0.15) is 19.3 Å². The lowest BCUT2D eigenvalue weighted by Gasteiger charge is -2.34. The van der Waals surface area contributed by atoms with Crippen LogP contribution in [-0.2, 0) is 4.79 Å². The average Bonchev–Trinajstić information content (AvgIpc) is 2.18. The predicted octanol–water partition coefficient (Wildman–Crippen LogP) is 2.22. The zero-order valence-corrected chi connectivity index (χ0v) is 10.2. The Morgan fingerprint density at radius 1 is 1.47 bits per heavy atom. The van der Waals surface area contributed by atoms with Gasteiger partial charge < -0.3 is 5.11 Å². The third-order valence-corrected chi connectivity index (χ3v) is 3.76. The van der Waals surface area contributed by atoms with Crippen molar-refractivity contribution in [3.63, 3.8) is 0 Å². The lowest BCUT2D eigenvalue weighted by Crippen LogP contribution is -2.44. The maximum absolute atomic E-state index is 12.0. The summed E-state index contributed by atoms with van der Waals surface area (Å²) < 4.78 is 36.0. The van der Waals surface area contributed by atoms with Gasteiger partial charge in [0, 0.05) is 30.5 Å². The van der Waals surface area contributed by atoms with Crippen LogP contribution in [0.5, 0.6) is 0 Å². The molecule has 100 valence electrons. The number of carboxylic acid groups (broad SMARTS) is 1. The smallest absolute Gasteiger partial charge is 0.389 e. The highest BCUT2D eigenvalue weighted by molar-refractivity contribution is 7.99. The Kier molecular flexibility index (Phi) is 5.58. The second-order valence-corrected chi connectivity index (χ2v) is 5.23. The van der Waals surface area contributed by atoms with Crippen LogP contribution in [-0.4, -0.2) is 52.8 Å². The van der Waals surface area contributed by atoms with Crippen molar-refractivity contribution in [2.75, 3.05) is 24.6 Å². The SMILES string of the molecule is O=C(O)CC1CSCCN1CCCC(F)(F)F. The molecule has 1 rings (SSSR count). The molecule has 7 heteroatoms. The van der Waals surface area contributed by atoms with E-state index in [1.807, 2.05) is 4.90 Å². The molecule has 1 atom stereocenters. The van der Waals surface area contributed by atoms with Crippen molar-refractivity contribution in [2.24, 2.45) is 0 Å². The lowest BCUT2D eigenvalue weighted by atomic mass is 10.1. The molecule has 0 aromatic heterocycles. The molecule has 0 bridgehead atoms. The van der Waals surface area contributed by atoms with Gasteiger partial charge in [0.2, 0.25) is 0 Å². The van der Waals surface area contributed by atoms with Crippen molar-refractivity contribution >= 4 is 17.7 Å². The number of halogens is 3. The van der Waals surface area contributed by atoms with Crippen LogP contribution in [0.4, 0.5) is 13.2 Å². The number of aliphatic carboxylic acids is 1. The van der Waals surface area contributed by atoms with Crippen molar-refractivity contribution in [2.45, 2.75) is 31.5 Å².